The largest absolute Gasteiger partial charge is 0.478 e. The Morgan fingerprint density at radius 3 is 2.80 bits per heavy atom. The van der Waals surface area contributed by atoms with Gasteiger partial charge in [0.2, 0.25) is 0 Å². The Kier molecular flexibility index (Phi) is 3.91. The van der Waals surface area contributed by atoms with E-state index in [2.05, 4.69) is 15.9 Å². The lowest BCUT2D eigenvalue weighted by molar-refractivity contribution is 0.0698. The smallest absolute Gasteiger partial charge is 0.337 e. The molecule has 0 amide bonds. The van der Waals surface area contributed by atoms with Crippen LogP contribution < -0.4 is 5.73 Å². The first kappa shape index (κ1) is 11.8. The van der Waals surface area contributed by atoms with Crippen LogP contribution in [0.25, 0.3) is 6.08 Å². The van der Waals surface area contributed by atoms with Gasteiger partial charge in [-0.3, -0.25) is 0 Å². The van der Waals surface area contributed by atoms with Crippen LogP contribution >= 0.6 is 15.9 Å². The molecule has 1 aromatic rings. The molecular formula is C11H12BrNO2. The summed E-state index contributed by atoms with van der Waals surface area (Å²) < 4.78 is 0. The number of aromatic carboxylic acids is 1. The van der Waals surface area contributed by atoms with Gasteiger partial charge in [0.1, 0.15) is 0 Å². The van der Waals surface area contributed by atoms with Gasteiger partial charge in [-0.25, -0.2) is 4.79 Å². The van der Waals surface area contributed by atoms with Crippen LogP contribution in [0.15, 0.2) is 18.2 Å². The average molecular weight is 270 g/mol. The number of carbonyl (C=O) groups is 1. The lowest BCUT2D eigenvalue weighted by atomic mass is 10.0. The number of alkyl halides is 1. The second kappa shape index (κ2) is 4.98. The van der Waals surface area contributed by atoms with E-state index in [9.17, 15) is 4.79 Å². The Morgan fingerprint density at radius 1 is 1.60 bits per heavy atom. The van der Waals surface area contributed by atoms with Crippen molar-refractivity contribution in [2.45, 2.75) is 6.92 Å². The van der Waals surface area contributed by atoms with Gasteiger partial charge >= 0.3 is 5.97 Å². The Labute approximate surface area is 96.7 Å². The zero-order chi connectivity index (χ0) is 11.4. The molecule has 0 aliphatic heterocycles. The molecule has 0 aromatic heterocycles. The van der Waals surface area contributed by atoms with Gasteiger partial charge in [0.15, 0.2) is 0 Å². The third-order valence-corrected chi connectivity index (χ3v) is 2.35. The van der Waals surface area contributed by atoms with Crippen LogP contribution in [0.5, 0.6) is 0 Å². The van der Waals surface area contributed by atoms with Crippen molar-refractivity contribution < 1.29 is 9.90 Å². The summed E-state index contributed by atoms with van der Waals surface area (Å²) in [6.07, 6.45) is 3.68. The van der Waals surface area contributed by atoms with Crippen LogP contribution in [0.2, 0.25) is 0 Å². The number of hydrogen-bond donors (Lipinski definition) is 2. The molecule has 0 heterocycles. The maximum absolute atomic E-state index is 10.9. The molecule has 0 aliphatic carbocycles. The lowest BCUT2D eigenvalue weighted by Crippen LogP contribution is -2.04. The molecular weight excluding hydrogens is 258 g/mol. The molecule has 80 valence electrons. The molecule has 1 rings (SSSR count). The summed E-state index contributed by atoms with van der Waals surface area (Å²) in [6.45, 7) is 1.84. The Bertz CT molecular complexity index is 413. The number of benzene rings is 1. The van der Waals surface area contributed by atoms with Gasteiger partial charge in [-0.05, 0) is 30.2 Å². The van der Waals surface area contributed by atoms with Crippen LogP contribution in [-0.2, 0) is 0 Å². The minimum absolute atomic E-state index is 0.157. The van der Waals surface area contributed by atoms with Crippen LogP contribution in [0, 0.1) is 6.92 Å². The zero-order valence-corrected chi connectivity index (χ0v) is 9.91. The maximum atomic E-state index is 10.9. The highest BCUT2D eigenvalue weighted by atomic mass is 79.9. The van der Waals surface area contributed by atoms with Crippen molar-refractivity contribution in [2.24, 2.45) is 0 Å². The van der Waals surface area contributed by atoms with E-state index in [4.69, 9.17) is 10.8 Å². The van der Waals surface area contributed by atoms with Crippen LogP contribution in [0.1, 0.15) is 21.5 Å². The zero-order valence-electron chi connectivity index (χ0n) is 8.33. The van der Waals surface area contributed by atoms with Gasteiger partial charge in [-0.15, -0.1) is 0 Å². The molecule has 4 heteroatoms. The van der Waals surface area contributed by atoms with E-state index in [0.29, 0.717) is 11.0 Å². The summed E-state index contributed by atoms with van der Waals surface area (Å²) in [6, 6.07) is 3.43. The Morgan fingerprint density at radius 2 is 2.27 bits per heavy atom. The van der Waals surface area contributed by atoms with Gasteiger partial charge < -0.3 is 10.8 Å². The molecule has 0 aliphatic rings. The fourth-order valence-electron chi connectivity index (χ4n) is 1.31. The standard InChI is InChI=1S/C11H12BrNO2/c1-7-5-8(3-2-4-12)10(13)9(6-7)11(14)15/h2-3,5-6H,4,13H2,1H3,(H,14,15). The van der Waals surface area contributed by atoms with E-state index in [-0.39, 0.29) is 5.56 Å². The first-order valence-electron chi connectivity index (χ1n) is 4.42. The molecule has 0 atom stereocenters. The number of aryl methyl sites for hydroxylation is 1. The number of carboxylic acid groups (broad SMARTS) is 1. The molecule has 3 nitrogen and oxygen atoms in total. The molecule has 0 bridgehead atoms. The minimum Gasteiger partial charge on any atom is -0.478 e. The third kappa shape index (κ3) is 2.83. The van der Waals surface area contributed by atoms with E-state index in [1.165, 1.54) is 0 Å². The van der Waals surface area contributed by atoms with Gasteiger partial charge in [-0.2, -0.15) is 0 Å². The van der Waals surface area contributed by atoms with E-state index < -0.39 is 5.97 Å². The second-order valence-electron chi connectivity index (χ2n) is 3.18. The molecule has 1 aromatic carbocycles. The minimum atomic E-state index is -0.996. The summed E-state index contributed by atoms with van der Waals surface area (Å²) >= 11 is 3.25. The number of rotatable bonds is 3. The maximum Gasteiger partial charge on any atom is 0.337 e. The molecule has 15 heavy (non-hydrogen) atoms. The molecule has 0 saturated carbocycles. The van der Waals surface area contributed by atoms with Crippen molar-refractivity contribution in [3.8, 4) is 0 Å². The highest BCUT2D eigenvalue weighted by molar-refractivity contribution is 9.09. The predicted octanol–water partition coefficient (Wildman–Crippen LogP) is 2.68. The predicted molar refractivity (Wildman–Crippen MR) is 65.4 cm³/mol. The van der Waals surface area contributed by atoms with E-state index in [1.807, 2.05) is 25.1 Å². The highest BCUT2D eigenvalue weighted by Crippen LogP contribution is 2.21. The van der Waals surface area contributed by atoms with Crippen molar-refractivity contribution >= 4 is 33.7 Å². The lowest BCUT2D eigenvalue weighted by Gasteiger charge is -2.06. The van der Waals surface area contributed by atoms with Gasteiger partial charge in [0.25, 0.3) is 0 Å². The number of hydrogen-bond acceptors (Lipinski definition) is 2. The number of carboxylic acids is 1. The summed E-state index contributed by atoms with van der Waals surface area (Å²) in [5.74, 6) is -0.996. The second-order valence-corrected chi connectivity index (χ2v) is 3.82. The van der Waals surface area contributed by atoms with Crippen molar-refractivity contribution in [1.29, 1.82) is 0 Å². The van der Waals surface area contributed by atoms with Crippen molar-refractivity contribution in [3.63, 3.8) is 0 Å². The highest BCUT2D eigenvalue weighted by Gasteiger charge is 2.10. The first-order valence-corrected chi connectivity index (χ1v) is 5.54. The van der Waals surface area contributed by atoms with Crippen molar-refractivity contribution in [2.75, 3.05) is 11.1 Å². The van der Waals surface area contributed by atoms with Gasteiger partial charge in [-0.1, -0.05) is 28.1 Å². The topological polar surface area (TPSA) is 63.3 Å². The average Bonchev–Trinajstić information content (AvgIpc) is 2.18. The van der Waals surface area contributed by atoms with Crippen LogP contribution in [0.4, 0.5) is 5.69 Å². The summed E-state index contributed by atoms with van der Waals surface area (Å²) in [5, 5.41) is 9.64. The van der Waals surface area contributed by atoms with E-state index in [1.54, 1.807) is 6.07 Å². The number of anilines is 1. The van der Waals surface area contributed by atoms with E-state index in [0.717, 1.165) is 11.1 Å². The number of nitrogen functional groups attached to an aromatic ring is 1. The van der Waals surface area contributed by atoms with Crippen LogP contribution in [0.3, 0.4) is 0 Å². The summed E-state index contributed by atoms with van der Waals surface area (Å²) in [4.78, 5) is 10.9. The van der Waals surface area contributed by atoms with Crippen LogP contribution in [-0.4, -0.2) is 16.4 Å². The summed E-state index contributed by atoms with van der Waals surface area (Å²) in [5.41, 5.74) is 7.84. The third-order valence-electron chi connectivity index (χ3n) is 1.97. The van der Waals surface area contributed by atoms with Gasteiger partial charge in [0, 0.05) is 5.33 Å². The molecule has 0 radical (unpaired) electrons. The van der Waals surface area contributed by atoms with Crippen molar-refractivity contribution in [1.82, 2.24) is 0 Å². The van der Waals surface area contributed by atoms with Crippen molar-refractivity contribution in [3.05, 3.63) is 34.9 Å². The monoisotopic (exact) mass is 269 g/mol. The molecule has 0 saturated heterocycles. The normalized spacial score (nSPS) is 10.8. The molecule has 0 fully saturated rings. The Hall–Kier alpha value is -1.29. The number of nitrogens with two attached hydrogens (primary N) is 1. The van der Waals surface area contributed by atoms with E-state index >= 15 is 0 Å². The number of halogens is 1. The molecule has 0 spiro atoms. The molecule has 0 unspecified atom stereocenters. The Balaban J connectivity index is 3.28. The SMILES string of the molecule is Cc1cc(C=CCBr)c(N)c(C(=O)O)c1. The van der Waals surface area contributed by atoms with Gasteiger partial charge in [0.05, 0.1) is 11.3 Å². The first-order chi connectivity index (χ1) is 7.06. The quantitative estimate of drug-likeness (QED) is 0.655. The summed E-state index contributed by atoms with van der Waals surface area (Å²) in [7, 11) is 0. The molecule has 3 N–H and O–H groups in total. The fraction of sp³-hybridized carbons (Fsp3) is 0.182. The number of allylic oxidation sites excluding steroid dienone is 1. The fourth-order valence-corrected chi connectivity index (χ4v) is 1.50.